The van der Waals surface area contributed by atoms with Gasteiger partial charge in [0.1, 0.15) is 12.7 Å². The van der Waals surface area contributed by atoms with Crippen molar-refractivity contribution in [3.05, 3.63) is 0 Å². The zero-order valence-corrected chi connectivity index (χ0v) is 11.7. The Morgan fingerprint density at radius 2 is 2.11 bits per heavy atom. The fourth-order valence-electron chi connectivity index (χ4n) is 2.67. The highest BCUT2D eigenvalue weighted by molar-refractivity contribution is 5.70. The van der Waals surface area contributed by atoms with E-state index >= 15 is 0 Å². The molecule has 1 fully saturated rings. The molecule has 0 radical (unpaired) electrons. The van der Waals surface area contributed by atoms with Crippen molar-refractivity contribution in [3.63, 3.8) is 0 Å². The van der Waals surface area contributed by atoms with Crippen molar-refractivity contribution in [3.8, 4) is 0 Å². The van der Waals surface area contributed by atoms with Gasteiger partial charge in [0, 0.05) is 0 Å². The van der Waals surface area contributed by atoms with Gasteiger partial charge in [-0.05, 0) is 30.6 Å². The molecule has 1 rings (SSSR count). The van der Waals surface area contributed by atoms with Gasteiger partial charge in [-0.2, -0.15) is 0 Å². The maximum absolute atomic E-state index is 11.6. The quantitative estimate of drug-likeness (QED) is 0.585. The summed E-state index contributed by atoms with van der Waals surface area (Å²) in [4.78, 5) is 11.6. The highest BCUT2D eigenvalue weighted by Gasteiger charge is 2.33. The molecule has 1 saturated carbocycles. The highest BCUT2D eigenvalue weighted by atomic mass is 16.6. The molecule has 4 nitrogen and oxygen atoms in total. The number of hydrogen-bond acceptors (Lipinski definition) is 4. The molecule has 0 heterocycles. The zero-order valence-electron chi connectivity index (χ0n) is 11.7. The summed E-state index contributed by atoms with van der Waals surface area (Å²) in [6.45, 7) is 6.63. The minimum atomic E-state index is -0.312. The topological polar surface area (TPSA) is 55.8 Å². The summed E-state index contributed by atoms with van der Waals surface area (Å²) < 4.78 is 10.5. The minimum Gasteiger partial charge on any atom is -0.460 e. The molecule has 1 aliphatic rings. The van der Waals surface area contributed by atoms with Crippen LogP contribution in [0.5, 0.6) is 0 Å². The van der Waals surface area contributed by atoms with Crippen LogP contribution in [0.1, 0.15) is 40.0 Å². The van der Waals surface area contributed by atoms with Crippen LogP contribution in [0.4, 0.5) is 0 Å². The van der Waals surface area contributed by atoms with Crippen LogP contribution in [0.25, 0.3) is 0 Å². The van der Waals surface area contributed by atoms with E-state index in [-0.39, 0.29) is 31.9 Å². The molecule has 0 aromatic carbocycles. The van der Waals surface area contributed by atoms with Crippen molar-refractivity contribution >= 4 is 5.97 Å². The van der Waals surface area contributed by atoms with E-state index in [4.69, 9.17) is 14.6 Å². The van der Waals surface area contributed by atoms with Gasteiger partial charge in [0.25, 0.3) is 0 Å². The molecule has 3 atom stereocenters. The van der Waals surface area contributed by atoms with Crippen molar-refractivity contribution < 1.29 is 19.4 Å². The van der Waals surface area contributed by atoms with Crippen LogP contribution < -0.4 is 0 Å². The minimum absolute atomic E-state index is 0.0268. The summed E-state index contributed by atoms with van der Waals surface area (Å²) in [5.41, 5.74) is 0. The van der Waals surface area contributed by atoms with Gasteiger partial charge in [0.05, 0.1) is 13.2 Å². The van der Waals surface area contributed by atoms with Gasteiger partial charge in [0.15, 0.2) is 0 Å². The molecule has 0 aromatic heterocycles. The van der Waals surface area contributed by atoms with Crippen molar-refractivity contribution in [2.45, 2.75) is 46.1 Å². The van der Waals surface area contributed by atoms with Crippen molar-refractivity contribution in [2.75, 3.05) is 19.8 Å². The third kappa shape index (κ3) is 4.94. The first-order chi connectivity index (χ1) is 8.54. The lowest BCUT2D eigenvalue weighted by atomic mass is 9.75. The second kappa shape index (κ2) is 7.74. The Morgan fingerprint density at radius 3 is 2.72 bits per heavy atom. The Kier molecular flexibility index (Phi) is 6.65. The number of hydrogen-bond donors (Lipinski definition) is 1. The second-order valence-electron chi connectivity index (χ2n) is 5.63. The maximum Gasteiger partial charge on any atom is 0.332 e. The highest BCUT2D eigenvalue weighted by Crippen LogP contribution is 2.35. The molecule has 0 bridgehead atoms. The van der Waals surface area contributed by atoms with E-state index in [2.05, 4.69) is 20.8 Å². The molecule has 0 saturated heterocycles. The zero-order chi connectivity index (χ0) is 13.5. The second-order valence-corrected chi connectivity index (χ2v) is 5.63. The molecular weight excluding hydrogens is 232 g/mol. The van der Waals surface area contributed by atoms with E-state index in [9.17, 15) is 4.79 Å². The van der Waals surface area contributed by atoms with Gasteiger partial charge in [0.2, 0.25) is 0 Å². The molecular formula is C14H26O4. The van der Waals surface area contributed by atoms with E-state index in [1.165, 1.54) is 6.42 Å². The van der Waals surface area contributed by atoms with E-state index in [0.29, 0.717) is 17.8 Å². The lowest BCUT2D eigenvalue weighted by Crippen LogP contribution is -2.36. The molecule has 1 N–H and O–H groups in total. The molecule has 18 heavy (non-hydrogen) atoms. The van der Waals surface area contributed by atoms with Crippen LogP contribution in [0.2, 0.25) is 0 Å². The Bertz CT molecular complexity index is 252. The molecule has 1 aliphatic carbocycles. The van der Waals surface area contributed by atoms with Gasteiger partial charge in [-0.1, -0.05) is 27.2 Å². The van der Waals surface area contributed by atoms with Gasteiger partial charge >= 0.3 is 5.97 Å². The van der Waals surface area contributed by atoms with Crippen LogP contribution in [0.3, 0.4) is 0 Å². The average Bonchev–Trinajstić information content (AvgIpc) is 2.29. The van der Waals surface area contributed by atoms with Crippen LogP contribution >= 0.6 is 0 Å². The van der Waals surface area contributed by atoms with Crippen molar-refractivity contribution in [1.29, 1.82) is 0 Å². The van der Waals surface area contributed by atoms with Crippen molar-refractivity contribution in [2.24, 2.45) is 17.8 Å². The molecule has 0 aromatic rings. The van der Waals surface area contributed by atoms with Gasteiger partial charge < -0.3 is 14.6 Å². The number of ether oxygens (including phenoxy) is 2. The average molecular weight is 258 g/mol. The standard InChI is InChI=1S/C14H26O4/c1-10(2)12-5-4-11(3)8-13(12)18-14(16)9-17-7-6-15/h10-13,15H,4-9H2,1-3H3/t11-,12?,13+/m1/s1. The molecule has 0 aliphatic heterocycles. The van der Waals surface area contributed by atoms with Gasteiger partial charge in [-0.15, -0.1) is 0 Å². The normalized spacial score (nSPS) is 28.4. The maximum atomic E-state index is 11.6. The Morgan fingerprint density at radius 1 is 1.39 bits per heavy atom. The van der Waals surface area contributed by atoms with E-state index < -0.39 is 0 Å². The molecule has 4 heteroatoms. The predicted octanol–water partition coefficient (Wildman–Crippen LogP) is 2.00. The summed E-state index contributed by atoms with van der Waals surface area (Å²) >= 11 is 0. The smallest absolute Gasteiger partial charge is 0.332 e. The van der Waals surface area contributed by atoms with E-state index in [1.54, 1.807) is 0 Å². The molecule has 0 amide bonds. The third-order valence-electron chi connectivity index (χ3n) is 3.70. The number of rotatable bonds is 6. The van der Waals surface area contributed by atoms with E-state index in [1.807, 2.05) is 0 Å². The van der Waals surface area contributed by atoms with Crippen LogP contribution in [-0.4, -0.2) is 37.0 Å². The summed E-state index contributed by atoms with van der Waals surface area (Å²) in [6.07, 6.45) is 3.33. The number of aliphatic hydroxyl groups is 1. The fraction of sp³-hybridized carbons (Fsp3) is 0.929. The first-order valence-corrected chi connectivity index (χ1v) is 6.92. The van der Waals surface area contributed by atoms with Gasteiger partial charge in [-0.3, -0.25) is 0 Å². The van der Waals surface area contributed by atoms with Crippen molar-refractivity contribution in [1.82, 2.24) is 0 Å². The number of carbonyl (C=O) groups excluding carboxylic acids is 1. The van der Waals surface area contributed by atoms with Crippen LogP contribution in [0, 0.1) is 17.8 Å². The predicted molar refractivity (Wildman–Crippen MR) is 69.1 cm³/mol. The summed E-state index contributed by atoms with van der Waals surface area (Å²) in [5, 5.41) is 8.57. The third-order valence-corrected chi connectivity index (χ3v) is 3.70. The molecule has 0 spiro atoms. The Labute approximate surface area is 110 Å². The van der Waals surface area contributed by atoms with E-state index in [0.717, 1.165) is 12.8 Å². The molecule has 106 valence electrons. The summed E-state index contributed by atoms with van der Waals surface area (Å²) in [5.74, 6) is 1.31. The van der Waals surface area contributed by atoms with Gasteiger partial charge in [-0.25, -0.2) is 4.79 Å². The Balaban J connectivity index is 2.42. The van der Waals surface area contributed by atoms with Crippen LogP contribution in [0.15, 0.2) is 0 Å². The first-order valence-electron chi connectivity index (χ1n) is 6.92. The van der Waals surface area contributed by atoms with Crippen LogP contribution in [-0.2, 0) is 14.3 Å². The number of esters is 1. The SMILES string of the molecule is CC(C)C1CC[C@@H](C)C[C@@H]1OC(=O)COCCO. The summed E-state index contributed by atoms with van der Waals surface area (Å²) in [6, 6.07) is 0. The number of carbonyl (C=O) groups is 1. The first kappa shape index (κ1) is 15.4. The lowest BCUT2D eigenvalue weighted by Gasteiger charge is -2.36. The lowest BCUT2D eigenvalue weighted by molar-refractivity contribution is -0.161. The largest absolute Gasteiger partial charge is 0.460 e. The molecule has 1 unspecified atom stereocenters. The Hall–Kier alpha value is -0.610. The summed E-state index contributed by atoms with van der Waals surface area (Å²) in [7, 11) is 0. The fourth-order valence-corrected chi connectivity index (χ4v) is 2.67. The number of aliphatic hydroxyl groups excluding tert-OH is 1. The monoisotopic (exact) mass is 258 g/mol.